The first-order valence-electron chi connectivity index (χ1n) is 10.0. The molecule has 1 aliphatic rings. The summed E-state index contributed by atoms with van der Waals surface area (Å²) in [5.41, 5.74) is 2.82. The summed E-state index contributed by atoms with van der Waals surface area (Å²) in [5.74, 6) is 0. The third-order valence-corrected chi connectivity index (χ3v) is 4.90. The summed E-state index contributed by atoms with van der Waals surface area (Å²) in [6.45, 7) is 11.0. The lowest BCUT2D eigenvalue weighted by Crippen LogP contribution is -2.50. The van der Waals surface area contributed by atoms with Crippen LogP contribution < -0.4 is 5.32 Å². The Morgan fingerprint density at radius 2 is 1.93 bits per heavy atom. The van der Waals surface area contributed by atoms with Crippen LogP contribution in [0.25, 0.3) is 11.0 Å². The van der Waals surface area contributed by atoms with Gasteiger partial charge in [0, 0.05) is 51.6 Å². The molecular weight excluding hydrogens is 342 g/mol. The minimum Gasteiger partial charge on any atom is -0.380 e. The van der Waals surface area contributed by atoms with Crippen LogP contribution >= 0.6 is 0 Å². The standard InChI is InChI=1S/C20H31N5O2/c1-3-7-25-16-21-18-15-17(5-6-19(18)25)22-20(26)24-10-8-23(9-11-24)12-14-27-13-4-2/h5-6,15-16H,3-4,7-14H2,1-2H3,(H,22,26). The minimum absolute atomic E-state index is 0.0378. The molecule has 148 valence electrons. The molecule has 0 radical (unpaired) electrons. The van der Waals surface area contributed by atoms with Crippen LogP contribution in [-0.4, -0.2) is 71.3 Å². The number of anilines is 1. The predicted molar refractivity (Wildman–Crippen MR) is 108 cm³/mol. The number of aromatic nitrogens is 2. The quantitative estimate of drug-likeness (QED) is 0.723. The summed E-state index contributed by atoms with van der Waals surface area (Å²) in [7, 11) is 0. The van der Waals surface area contributed by atoms with Crippen molar-refractivity contribution >= 4 is 22.8 Å². The summed E-state index contributed by atoms with van der Waals surface area (Å²) >= 11 is 0. The second-order valence-corrected chi connectivity index (χ2v) is 7.01. The number of carbonyl (C=O) groups excluding carboxylic acids is 1. The van der Waals surface area contributed by atoms with Gasteiger partial charge in [0.25, 0.3) is 0 Å². The molecular formula is C20H31N5O2. The Morgan fingerprint density at radius 3 is 2.67 bits per heavy atom. The maximum atomic E-state index is 12.6. The Hall–Kier alpha value is -2.12. The molecule has 1 fully saturated rings. The van der Waals surface area contributed by atoms with E-state index in [0.29, 0.717) is 0 Å². The van der Waals surface area contributed by atoms with Crippen molar-refractivity contribution in [2.45, 2.75) is 33.2 Å². The van der Waals surface area contributed by atoms with Crippen molar-refractivity contribution < 1.29 is 9.53 Å². The van der Waals surface area contributed by atoms with E-state index < -0.39 is 0 Å². The normalized spacial score (nSPS) is 15.4. The monoisotopic (exact) mass is 373 g/mol. The zero-order valence-electron chi connectivity index (χ0n) is 16.5. The largest absolute Gasteiger partial charge is 0.380 e. The summed E-state index contributed by atoms with van der Waals surface area (Å²) < 4.78 is 7.69. The predicted octanol–water partition coefficient (Wildman–Crippen LogP) is 3.02. The fourth-order valence-corrected chi connectivity index (χ4v) is 3.38. The van der Waals surface area contributed by atoms with E-state index in [1.807, 2.05) is 29.4 Å². The lowest BCUT2D eigenvalue weighted by atomic mass is 10.2. The van der Waals surface area contributed by atoms with E-state index in [1.165, 1.54) is 0 Å². The maximum absolute atomic E-state index is 12.6. The van der Waals surface area contributed by atoms with Crippen LogP contribution in [0.15, 0.2) is 24.5 Å². The van der Waals surface area contributed by atoms with Gasteiger partial charge in [0.1, 0.15) is 0 Å². The zero-order chi connectivity index (χ0) is 19.1. The van der Waals surface area contributed by atoms with Crippen molar-refractivity contribution in [1.29, 1.82) is 0 Å². The van der Waals surface area contributed by atoms with Crippen LogP contribution in [0.5, 0.6) is 0 Å². The fraction of sp³-hybridized carbons (Fsp3) is 0.600. The number of ether oxygens (including phenoxy) is 1. The number of nitrogens with zero attached hydrogens (tertiary/aromatic N) is 4. The molecule has 0 atom stereocenters. The lowest BCUT2D eigenvalue weighted by molar-refractivity contribution is 0.0841. The number of nitrogens with one attached hydrogen (secondary N) is 1. The van der Waals surface area contributed by atoms with Gasteiger partial charge >= 0.3 is 6.03 Å². The summed E-state index contributed by atoms with van der Waals surface area (Å²) in [5, 5.41) is 3.01. The molecule has 1 N–H and O–H groups in total. The van der Waals surface area contributed by atoms with E-state index in [2.05, 4.69) is 33.6 Å². The van der Waals surface area contributed by atoms with Gasteiger partial charge in [-0.1, -0.05) is 13.8 Å². The van der Waals surface area contributed by atoms with E-state index >= 15 is 0 Å². The molecule has 0 unspecified atom stereocenters. The number of piperazine rings is 1. The second kappa shape index (κ2) is 9.71. The van der Waals surface area contributed by atoms with Gasteiger partial charge in [-0.05, 0) is 31.0 Å². The molecule has 7 nitrogen and oxygen atoms in total. The van der Waals surface area contributed by atoms with Gasteiger partial charge in [-0.2, -0.15) is 0 Å². The highest BCUT2D eigenvalue weighted by atomic mass is 16.5. The minimum atomic E-state index is -0.0378. The molecule has 27 heavy (non-hydrogen) atoms. The second-order valence-electron chi connectivity index (χ2n) is 7.01. The van der Waals surface area contributed by atoms with Gasteiger partial charge < -0.3 is 19.5 Å². The van der Waals surface area contributed by atoms with Crippen molar-refractivity contribution in [3.63, 3.8) is 0 Å². The number of aryl methyl sites for hydroxylation is 1. The lowest BCUT2D eigenvalue weighted by Gasteiger charge is -2.34. The van der Waals surface area contributed by atoms with E-state index in [0.717, 1.165) is 82.0 Å². The average Bonchev–Trinajstić information content (AvgIpc) is 3.08. The molecule has 1 aliphatic heterocycles. The van der Waals surface area contributed by atoms with Gasteiger partial charge in [-0.25, -0.2) is 9.78 Å². The Balaban J connectivity index is 1.49. The number of hydrogen-bond acceptors (Lipinski definition) is 4. The number of amides is 2. The maximum Gasteiger partial charge on any atom is 0.321 e. The van der Waals surface area contributed by atoms with Crippen molar-refractivity contribution in [2.24, 2.45) is 0 Å². The molecule has 1 saturated heterocycles. The van der Waals surface area contributed by atoms with Crippen LogP contribution in [0.4, 0.5) is 10.5 Å². The summed E-state index contributed by atoms with van der Waals surface area (Å²) in [6.07, 6.45) is 3.99. The number of carbonyl (C=O) groups is 1. The molecule has 2 heterocycles. The van der Waals surface area contributed by atoms with E-state index in [1.54, 1.807) is 0 Å². The van der Waals surface area contributed by atoms with Gasteiger partial charge in [0.05, 0.1) is 24.0 Å². The van der Waals surface area contributed by atoms with Gasteiger partial charge in [-0.15, -0.1) is 0 Å². The molecule has 7 heteroatoms. The number of benzene rings is 1. The summed E-state index contributed by atoms with van der Waals surface area (Å²) in [4.78, 5) is 21.2. The molecule has 2 aromatic rings. The topological polar surface area (TPSA) is 62.6 Å². The van der Waals surface area contributed by atoms with Gasteiger partial charge in [0.2, 0.25) is 0 Å². The Bertz CT molecular complexity index is 737. The SMILES string of the molecule is CCCOCCN1CCN(C(=O)Nc2ccc3c(c2)ncn3CCC)CC1. The first kappa shape index (κ1) is 19.6. The number of urea groups is 1. The highest BCUT2D eigenvalue weighted by Crippen LogP contribution is 2.19. The number of fused-ring (bicyclic) bond motifs is 1. The fourth-order valence-electron chi connectivity index (χ4n) is 3.38. The highest BCUT2D eigenvalue weighted by molar-refractivity contribution is 5.92. The third kappa shape index (κ3) is 5.20. The van der Waals surface area contributed by atoms with Crippen LogP contribution in [0, 0.1) is 0 Å². The smallest absolute Gasteiger partial charge is 0.321 e. The van der Waals surface area contributed by atoms with E-state index in [9.17, 15) is 4.79 Å². The van der Waals surface area contributed by atoms with E-state index in [-0.39, 0.29) is 6.03 Å². The first-order chi connectivity index (χ1) is 13.2. The molecule has 0 spiro atoms. The van der Waals surface area contributed by atoms with Crippen molar-refractivity contribution in [2.75, 3.05) is 51.3 Å². The molecule has 3 rings (SSSR count). The molecule has 0 saturated carbocycles. The zero-order valence-corrected chi connectivity index (χ0v) is 16.5. The molecule has 1 aromatic carbocycles. The van der Waals surface area contributed by atoms with Crippen LogP contribution in [0.3, 0.4) is 0 Å². The van der Waals surface area contributed by atoms with Crippen molar-refractivity contribution in [1.82, 2.24) is 19.4 Å². The van der Waals surface area contributed by atoms with Crippen LogP contribution in [0.2, 0.25) is 0 Å². The summed E-state index contributed by atoms with van der Waals surface area (Å²) in [6, 6.07) is 5.89. The van der Waals surface area contributed by atoms with Crippen molar-refractivity contribution in [3.8, 4) is 0 Å². The molecule has 0 bridgehead atoms. The van der Waals surface area contributed by atoms with Gasteiger partial charge in [0.15, 0.2) is 0 Å². The molecule has 0 aliphatic carbocycles. The number of imidazole rings is 1. The Morgan fingerprint density at radius 1 is 1.11 bits per heavy atom. The number of rotatable bonds is 8. The van der Waals surface area contributed by atoms with Gasteiger partial charge in [-0.3, -0.25) is 4.90 Å². The first-order valence-corrected chi connectivity index (χ1v) is 10.0. The van der Waals surface area contributed by atoms with Crippen LogP contribution in [0.1, 0.15) is 26.7 Å². The van der Waals surface area contributed by atoms with Crippen molar-refractivity contribution in [3.05, 3.63) is 24.5 Å². The average molecular weight is 374 g/mol. The third-order valence-electron chi connectivity index (χ3n) is 4.90. The highest BCUT2D eigenvalue weighted by Gasteiger charge is 2.21. The van der Waals surface area contributed by atoms with Crippen LogP contribution in [-0.2, 0) is 11.3 Å². The molecule has 2 amide bonds. The van der Waals surface area contributed by atoms with E-state index in [4.69, 9.17) is 4.74 Å². The number of hydrogen-bond donors (Lipinski definition) is 1. The molecule has 1 aromatic heterocycles. The Kier molecular flexibility index (Phi) is 7.06. The Labute approximate surface area is 161 Å².